The van der Waals surface area contributed by atoms with Gasteiger partial charge in [0.15, 0.2) is 5.96 Å². The predicted molar refractivity (Wildman–Crippen MR) is 127 cm³/mol. The first-order valence-electron chi connectivity index (χ1n) is 10.5. The molecule has 0 rings (SSSR count). The number of amides is 3. The van der Waals surface area contributed by atoms with Gasteiger partial charge in [0.2, 0.25) is 17.7 Å². The smallest absolute Gasteiger partial charge is 0.325 e. The summed E-state index contributed by atoms with van der Waals surface area (Å²) >= 11 is 1.43. The van der Waals surface area contributed by atoms with Crippen molar-refractivity contribution >= 4 is 47.4 Å². The van der Waals surface area contributed by atoms with Gasteiger partial charge in [-0.3, -0.25) is 29.0 Å². The lowest BCUT2D eigenvalue weighted by Crippen LogP contribution is -2.57. The Labute approximate surface area is 201 Å². The standard InChI is InChI=1S/C19H35N7O7S/c1-10(18(32)33)24-16(30)12(5-6-14(27)28)26-17(31)13(7-9-34-2)25-15(29)11(20)4-3-8-23-19(21)22/h10-13H,3-9,20H2,1-2H3,(H,24,30)(H,25,29)(H,26,31)(H,27,28)(H,32,33)(H4,21,22,23). The molecule has 14 nitrogen and oxygen atoms in total. The third kappa shape index (κ3) is 13.5. The number of thioether (sulfide) groups is 1. The molecule has 15 heteroatoms. The molecule has 0 heterocycles. The number of nitrogens with two attached hydrogens (primary N) is 3. The minimum atomic E-state index is -1.31. The number of carboxylic acid groups (broad SMARTS) is 2. The van der Waals surface area contributed by atoms with Gasteiger partial charge in [0.05, 0.1) is 6.04 Å². The van der Waals surface area contributed by atoms with Gasteiger partial charge in [0.1, 0.15) is 18.1 Å². The van der Waals surface area contributed by atoms with Gasteiger partial charge in [0.25, 0.3) is 0 Å². The van der Waals surface area contributed by atoms with Crippen LogP contribution in [0.2, 0.25) is 0 Å². The first-order valence-corrected chi connectivity index (χ1v) is 11.9. The molecule has 0 aromatic heterocycles. The molecule has 0 aromatic rings. The number of nitrogens with one attached hydrogen (secondary N) is 3. The second kappa shape index (κ2) is 16.5. The number of guanidine groups is 1. The summed E-state index contributed by atoms with van der Waals surface area (Å²) < 4.78 is 0. The zero-order valence-corrected chi connectivity index (χ0v) is 20.1. The van der Waals surface area contributed by atoms with E-state index in [4.69, 9.17) is 27.4 Å². The molecule has 0 aromatic carbocycles. The molecule has 0 aliphatic rings. The Balaban J connectivity index is 5.26. The van der Waals surface area contributed by atoms with Gasteiger partial charge in [-0.25, -0.2) is 0 Å². The molecule has 34 heavy (non-hydrogen) atoms. The molecule has 0 aliphatic heterocycles. The molecular formula is C19H35N7O7S. The van der Waals surface area contributed by atoms with Crippen molar-refractivity contribution in [1.29, 1.82) is 0 Å². The quantitative estimate of drug-likeness (QED) is 0.0584. The molecule has 0 saturated heterocycles. The van der Waals surface area contributed by atoms with E-state index < -0.39 is 60.2 Å². The van der Waals surface area contributed by atoms with E-state index >= 15 is 0 Å². The molecule has 0 saturated carbocycles. The summed E-state index contributed by atoms with van der Waals surface area (Å²) in [5.41, 5.74) is 16.4. The van der Waals surface area contributed by atoms with E-state index in [2.05, 4.69) is 20.9 Å². The zero-order valence-electron chi connectivity index (χ0n) is 19.3. The number of carbonyl (C=O) groups excluding carboxylic acids is 3. The lowest BCUT2D eigenvalue weighted by Gasteiger charge is -2.24. The van der Waals surface area contributed by atoms with E-state index in [1.165, 1.54) is 18.7 Å². The van der Waals surface area contributed by atoms with Crippen LogP contribution in [0.5, 0.6) is 0 Å². The normalized spacial score (nSPS) is 14.1. The molecule has 4 atom stereocenters. The molecule has 4 unspecified atom stereocenters. The van der Waals surface area contributed by atoms with E-state index in [9.17, 15) is 24.0 Å². The summed E-state index contributed by atoms with van der Waals surface area (Å²) in [7, 11) is 0. The van der Waals surface area contributed by atoms with E-state index in [-0.39, 0.29) is 31.8 Å². The minimum Gasteiger partial charge on any atom is -0.481 e. The summed E-state index contributed by atoms with van der Waals surface area (Å²) in [4.78, 5) is 63.5. The Morgan fingerprint density at radius 2 is 1.47 bits per heavy atom. The molecule has 0 radical (unpaired) electrons. The monoisotopic (exact) mass is 505 g/mol. The van der Waals surface area contributed by atoms with Crippen molar-refractivity contribution in [2.75, 3.05) is 18.6 Å². The summed E-state index contributed by atoms with van der Waals surface area (Å²) in [6.45, 7) is 1.52. The number of carboxylic acids is 2. The maximum atomic E-state index is 12.9. The molecule has 194 valence electrons. The highest BCUT2D eigenvalue weighted by Gasteiger charge is 2.29. The lowest BCUT2D eigenvalue weighted by molar-refractivity contribution is -0.142. The Hall–Kier alpha value is -3.07. The Kier molecular flexibility index (Phi) is 15.0. The van der Waals surface area contributed by atoms with Crippen LogP contribution in [0.15, 0.2) is 4.99 Å². The first kappa shape index (κ1) is 30.9. The second-order valence-corrected chi connectivity index (χ2v) is 8.45. The lowest BCUT2D eigenvalue weighted by atomic mass is 10.1. The highest BCUT2D eigenvalue weighted by Crippen LogP contribution is 2.06. The summed E-state index contributed by atoms with van der Waals surface area (Å²) in [5, 5.41) is 25.1. The fourth-order valence-electron chi connectivity index (χ4n) is 2.62. The van der Waals surface area contributed by atoms with Gasteiger partial charge in [-0.1, -0.05) is 0 Å². The molecule has 0 fully saturated rings. The Bertz CT molecular complexity index is 747. The summed E-state index contributed by atoms with van der Waals surface area (Å²) in [6.07, 6.45) is 2.01. The van der Waals surface area contributed by atoms with Gasteiger partial charge >= 0.3 is 11.9 Å². The van der Waals surface area contributed by atoms with Crippen LogP contribution in [-0.2, 0) is 24.0 Å². The van der Waals surface area contributed by atoms with Crippen molar-refractivity contribution in [2.24, 2.45) is 22.2 Å². The average Bonchev–Trinajstić information content (AvgIpc) is 2.75. The number of hydrogen-bond acceptors (Lipinski definition) is 8. The Morgan fingerprint density at radius 1 is 0.912 bits per heavy atom. The van der Waals surface area contributed by atoms with Gasteiger partial charge in [-0.2, -0.15) is 11.8 Å². The van der Waals surface area contributed by atoms with Gasteiger partial charge in [-0.05, 0) is 44.6 Å². The van der Waals surface area contributed by atoms with Crippen molar-refractivity contribution < 1.29 is 34.2 Å². The SMILES string of the molecule is CSCCC(NC(=O)C(N)CCCN=C(N)N)C(=O)NC(CCC(=O)O)C(=O)NC(C)C(=O)O. The van der Waals surface area contributed by atoms with Crippen molar-refractivity contribution in [3.8, 4) is 0 Å². The van der Waals surface area contributed by atoms with Gasteiger partial charge < -0.3 is 43.4 Å². The Morgan fingerprint density at radius 3 is 2.00 bits per heavy atom. The van der Waals surface area contributed by atoms with Crippen LogP contribution in [0.1, 0.15) is 39.0 Å². The fraction of sp³-hybridized carbons (Fsp3) is 0.684. The van der Waals surface area contributed by atoms with Crippen molar-refractivity contribution in [3.05, 3.63) is 0 Å². The second-order valence-electron chi connectivity index (χ2n) is 7.46. The van der Waals surface area contributed by atoms with E-state index in [0.717, 1.165) is 0 Å². The molecule has 0 bridgehead atoms. The highest BCUT2D eigenvalue weighted by atomic mass is 32.2. The highest BCUT2D eigenvalue weighted by molar-refractivity contribution is 7.98. The van der Waals surface area contributed by atoms with E-state index in [1.807, 2.05) is 6.26 Å². The van der Waals surface area contributed by atoms with E-state index in [1.54, 1.807) is 0 Å². The number of aliphatic imine (C=N–C) groups is 1. The summed E-state index contributed by atoms with van der Waals surface area (Å²) in [6, 6.07) is -4.53. The van der Waals surface area contributed by atoms with Crippen molar-refractivity contribution in [3.63, 3.8) is 0 Å². The number of nitrogens with zero attached hydrogens (tertiary/aromatic N) is 1. The minimum absolute atomic E-state index is 0.0777. The molecule has 0 aliphatic carbocycles. The number of carbonyl (C=O) groups is 5. The third-order valence-electron chi connectivity index (χ3n) is 4.56. The van der Waals surface area contributed by atoms with Gasteiger partial charge in [0, 0.05) is 13.0 Å². The fourth-order valence-corrected chi connectivity index (χ4v) is 3.09. The molecular weight excluding hydrogens is 470 g/mol. The largest absolute Gasteiger partial charge is 0.481 e. The number of hydrogen-bond donors (Lipinski definition) is 8. The van der Waals surface area contributed by atoms with Crippen LogP contribution in [0.4, 0.5) is 0 Å². The average molecular weight is 506 g/mol. The van der Waals surface area contributed by atoms with Crippen molar-refractivity contribution in [1.82, 2.24) is 16.0 Å². The van der Waals surface area contributed by atoms with Crippen LogP contribution < -0.4 is 33.2 Å². The van der Waals surface area contributed by atoms with Crippen LogP contribution in [0.3, 0.4) is 0 Å². The number of aliphatic carboxylic acids is 2. The topological polar surface area (TPSA) is 252 Å². The zero-order chi connectivity index (χ0) is 26.3. The maximum Gasteiger partial charge on any atom is 0.325 e. The summed E-state index contributed by atoms with van der Waals surface area (Å²) in [5.74, 6) is -4.23. The first-order chi connectivity index (χ1) is 15.9. The van der Waals surface area contributed by atoms with E-state index in [0.29, 0.717) is 12.2 Å². The molecule has 0 spiro atoms. The van der Waals surface area contributed by atoms with Crippen LogP contribution in [0.25, 0.3) is 0 Å². The maximum absolute atomic E-state index is 12.9. The number of rotatable bonds is 17. The van der Waals surface area contributed by atoms with Crippen molar-refractivity contribution in [2.45, 2.75) is 63.2 Å². The molecule has 3 amide bonds. The molecule has 11 N–H and O–H groups in total. The third-order valence-corrected chi connectivity index (χ3v) is 5.20. The van der Waals surface area contributed by atoms with Crippen LogP contribution in [0, 0.1) is 0 Å². The predicted octanol–water partition coefficient (Wildman–Crippen LogP) is -2.46. The van der Waals surface area contributed by atoms with Gasteiger partial charge in [-0.15, -0.1) is 0 Å². The van der Waals surface area contributed by atoms with Crippen LogP contribution >= 0.6 is 11.8 Å². The van der Waals surface area contributed by atoms with Crippen LogP contribution in [-0.4, -0.2) is 88.6 Å².